The molecule has 0 aromatic heterocycles. The molecule has 0 bridgehead atoms. The molecule has 9 nitrogen and oxygen atoms in total. The summed E-state index contributed by atoms with van der Waals surface area (Å²) in [6, 6.07) is 6.01. The quantitative estimate of drug-likeness (QED) is 0.642. The predicted octanol–water partition coefficient (Wildman–Crippen LogP) is 0.900. The van der Waals surface area contributed by atoms with Crippen LogP contribution in [0.25, 0.3) is 0 Å². The van der Waals surface area contributed by atoms with E-state index in [-0.39, 0.29) is 24.1 Å². The number of allylic oxidation sites excluding steroid dienone is 1. The van der Waals surface area contributed by atoms with Crippen molar-refractivity contribution in [2.24, 2.45) is 4.99 Å². The van der Waals surface area contributed by atoms with E-state index in [1.165, 1.54) is 6.92 Å². The van der Waals surface area contributed by atoms with Crippen LogP contribution in [0.4, 0.5) is 11.4 Å². The van der Waals surface area contributed by atoms with Crippen LogP contribution in [0, 0.1) is 0 Å². The molecule has 0 saturated carbocycles. The molecule has 3 amide bonds. The van der Waals surface area contributed by atoms with E-state index in [0.29, 0.717) is 23.2 Å². The Bertz CT molecular complexity index is 823. The van der Waals surface area contributed by atoms with Crippen LogP contribution in [0.15, 0.2) is 40.7 Å². The van der Waals surface area contributed by atoms with Gasteiger partial charge in [-0.1, -0.05) is 0 Å². The molecular formula is C17H20N6O3. The van der Waals surface area contributed by atoms with Gasteiger partial charge in [-0.25, -0.2) is 5.01 Å². The molecule has 26 heavy (non-hydrogen) atoms. The highest BCUT2D eigenvalue weighted by molar-refractivity contribution is 6.07. The molecule has 136 valence electrons. The summed E-state index contributed by atoms with van der Waals surface area (Å²) < 4.78 is 0. The molecule has 0 aliphatic carbocycles. The van der Waals surface area contributed by atoms with Crippen molar-refractivity contribution in [2.45, 2.75) is 33.2 Å². The van der Waals surface area contributed by atoms with Crippen LogP contribution < -0.4 is 21.4 Å². The van der Waals surface area contributed by atoms with Gasteiger partial charge < -0.3 is 10.6 Å². The van der Waals surface area contributed by atoms with E-state index >= 15 is 0 Å². The van der Waals surface area contributed by atoms with Crippen molar-refractivity contribution in [3.63, 3.8) is 0 Å². The monoisotopic (exact) mass is 356 g/mol. The molecule has 1 atom stereocenters. The van der Waals surface area contributed by atoms with Gasteiger partial charge in [0.15, 0.2) is 0 Å². The normalized spacial score (nSPS) is 18.3. The van der Waals surface area contributed by atoms with E-state index in [0.717, 1.165) is 5.57 Å². The van der Waals surface area contributed by atoms with Crippen LogP contribution in [0.3, 0.4) is 0 Å². The fourth-order valence-corrected chi connectivity index (χ4v) is 2.61. The average Bonchev–Trinajstić information content (AvgIpc) is 2.99. The SMILES string of the molecule is CC(=O)Nc1ccc(NC(=O)[C@H]2CC(=O)NC3=NC(=C(C)C)NN32)cc1. The number of nitrogens with zero attached hydrogens (tertiary/aromatic N) is 2. The van der Waals surface area contributed by atoms with Gasteiger partial charge in [0, 0.05) is 18.3 Å². The predicted molar refractivity (Wildman–Crippen MR) is 96.7 cm³/mol. The number of nitrogens with one attached hydrogen (secondary N) is 4. The van der Waals surface area contributed by atoms with Crippen molar-refractivity contribution < 1.29 is 14.4 Å². The fraction of sp³-hybridized carbons (Fsp3) is 0.294. The molecule has 1 aromatic rings. The Morgan fingerprint density at radius 2 is 1.73 bits per heavy atom. The van der Waals surface area contributed by atoms with Crippen molar-refractivity contribution in [2.75, 3.05) is 10.6 Å². The smallest absolute Gasteiger partial charge is 0.249 e. The summed E-state index contributed by atoms with van der Waals surface area (Å²) in [7, 11) is 0. The number of anilines is 2. The minimum Gasteiger partial charge on any atom is -0.326 e. The van der Waals surface area contributed by atoms with Crippen molar-refractivity contribution in [3.8, 4) is 0 Å². The molecule has 0 spiro atoms. The number of aliphatic imine (C=N–C) groups is 1. The number of hydrazine groups is 1. The number of carbonyl (C=O) groups excluding carboxylic acids is 3. The van der Waals surface area contributed by atoms with Crippen molar-refractivity contribution in [1.29, 1.82) is 0 Å². The van der Waals surface area contributed by atoms with E-state index in [1.807, 2.05) is 13.8 Å². The van der Waals surface area contributed by atoms with Gasteiger partial charge in [0.2, 0.25) is 23.7 Å². The largest absolute Gasteiger partial charge is 0.326 e. The zero-order valence-electron chi connectivity index (χ0n) is 14.7. The lowest BCUT2D eigenvalue weighted by molar-refractivity contribution is -0.129. The summed E-state index contributed by atoms with van der Waals surface area (Å²) in [5.74, 6) is 0.163. The minimum absolute atomic E-state index is 0.0118. The minimum atomic E-state index is -0.727. The van der Waals surface area contributed by atoms with Gasteiger partial charge in [-0.3, -0.25) is 25.1 Å². The van der Waals surface area contributed by atoms with E-state index in [9.17, 15) is 14.4 Å². The summed E-state index contributed by atoms with van der Waals surface area (Å²) in [5.41, 5.74) is 5.19. The lowest BCUT2D eigenvalue weighted by atomic mass is 10.1. The number of fused-ring (bicyclic) bond motifs is 1. The van der Waals surface area contributed by atoms with Gasteiger partial charge in [-0.2, -0.15) is 4.99 Å². The molecule has 9 heteroatoms. The second kappa shape index (κ2) is 6.87. The number of hydrogen-bond donors (Lipinski definition) is 4. The Kier molecular flexibility index (Phi) is 4.61. The van der Waals surface area contributed by atoms with Crippen LogP contribution in [-0.2, 0) is 14.4 Å². The van der Waals surface area contributed by atoms with Gasteiger partial charge in [-0.05, 0) is 43.7 Å². The first-order valence-electron chi connectivity index (χ1n) is 8.14. The first-order chi connectivity index (χ1) is 12.3. The number of guanidine groups is 1. The number of carbonyl (C=O) groups is 3. The summed E-state index contributed by atoms with van der Waals surface area (Å²) in [5, 5.41) is 9.66. The molecule has 0 unspecified atom stereocenters. The van der Waals surface area contributed by atoms with Gasteiger partial charge in [-0.15, -0.1) is 0 Å². The highest BCUT2D eigenvalue weighted by Gasteiger charge is 2.39. The standard InChI is InChI=1S/C17H20N6O3/c1-9(2)15-21-17-20-14(25)8-13(23(17)22-15)16(26)19-12-6-4-11(5-7-12)18-10(3)24/h4-7,13,22H,8H2,1-3H3,(H,18,24)(H,19,26)(H,20,21,25)/t13-/m1/s1. The molecule has 2 aliphatic rings. The maximum atomic E-state index is 12.7. The fourth-order valence-electron chi connectivity index (χ4n) is 2.61. The van der Waals surface area contributed by atoms with Crippen LogP contribution in [0.2, 0.25) is 0 Å². The molecule has 1 saturated heterocycles. The highest BCUT2D eigenvalue weighted by Crippen LogP contribution is 2.20. The van der Waals surface area contributed by atoms with Crippen molar-refractivity contribution >= 4 is 35.1 Å². The number of amides is 3. The summed E-state index contributed by atoms with van der Waals surface area (Å²) in [6.07, 6.45) is 0.0118. The second-order valence-corrected chi connectivity index (χ2v) is 6.28. The maximum Gasteiger partial charge on any atom is 0.249 e. The molecule has 2 heterocycles. The van der Waals surface area contributed by atoms with Gasteiger partial charge in [0.1, 0.15) is 11.9 Å². The molecule has 3 rings (SSSR count). The van der Waals surface area contributed by atoms with Crippen molar-refractivity contribution in [1.82, 2.24) is 15.8 Å². The van der Waals surface area contributed by atoms with Crippen LogP contribution in [-0.4, -0.2) is 34.7 Å². The maximum absolute atomic E-state index is 12.7. The van der Waals surface area contributed by atoms with Crippen LogP contribution in [0.5, 0.6) is 0 Å². The first kappa shape index (κ1) is 17.5. The van der Waals surface area contributed by atoms with E-state index < -0.39 is 6.04 Å². The zero-order valence-corrected chi connectivity index (χ0v) is 14.7. The lowest BCUT2D eigenvalue weighted by Gasteiger charge is -2.32. The third-order valence-corrected chi connectivity index (χ3v) is 3.86. The number of benzene rings is 1. The van der Waals surface area contributed by atoms with Gasteiger partial charge >= 0.3 is 0 Å². The molecule has 2 aliphatic heterocycles. The summed E-state index contributed by atoms with van der Waals surface area (Å²) in [6.45, 7) is 5.20. The van der Waals surface area contributed by atoms with E-state index in [2.05, 4.69) is 26.4 Å². The Balaban J connectivity index is 1.73. The molecule has 1 aromatic carbocycles. The number of hydrogen-bond acceptors (Lipinski definition) is 6. The van der Waals surface area contributed by atoms with E-state index in [4.69, 9.17) is 0 Å². The Labute approximate surface area is 150 Å². The Morgan fingerprint density at radius 1 is 1.12 bits per heavy atom. The third-order valence-electron chi connectivity index (χ3n) is 3.86. The molecule has 0 radical (unpaired) electrons. The molecular weight excluding hydrogens is 336 g/mol. The average molecular weight is 356 g/mol. The van der Waals surface area contributed by atoms with Gasteiger partial charge in [0.25, 0.3) is 0 Å². The lowest BCUT2D eigenvalue weighted by Crippen LogP contribution is -2.61. The zero-order chi connectivity index (χ0) is 18.8. The molecule has 1 fully saturated rings. The molecule has 4 N–H and O–H groups in total. The van der Waals surface area contributed by atoms with E-state index in [1.54, 1.807) is 29.3 Å². The Morgan fingerprint density at radius 3 is 2.31 bits per heavy atom. The second-order valence-electron chi connectivity index (χ2n) is 6.28. The Hall–Kier alpha value is -3.36. The summed E-state index contributed by atoms with van der Waals surface area (Å²) in [4.78, 5) is 39.9. The topological polar surface area (TPSA) is 115 Å². The summed E-state index contributed by atoms with van der Waals surface area (Å²) >= 11 is 0. The van der Waals surface area contributed by atoms with Crippen molar-refractivity contribution in [3.05, 3.63) is 35.7 Å². The van der Waals surface area contributed by atoms with Gasteiger partial charge in [0.05, 0.1) is 6.42 Å². The van der Waals surface area contributed by atoms with Crippen LogP contribution in [0.1, 0.15) is 27.2 Å². The highest BCUT2D eigenvalue weighted by atomic mass is 16.2. The third kappa shape index (κ3) is 3.66. The van der Waals surface area contributed by atoms with Crippen LogP contribution >= 0.6 is 0 Å². The first-order valence-corrected chi connectivity index (χ1v) is 8.14. The number of rotatable bonds is 3.